The van der Waals surface area contributed by atoms with Crippen molar-refractivity contribution < 1.29 is 4.79 Å². The lowest BCUT2D eigenvalue weighted by Gasteiger charge is -2.35. The molecular weight excluding hydrogens is 320 g/mol. The van der Waals surface area contributed by atoms with Gasteiger partial charge in [-0.25, -0.2) is 0 Å². The molecule has 138 valence electrons. The number of carbonyl (C=O) groups is 1. The van der Waals surface area contributed by atoms with Crippen LogP contribution in [-0.2, 0) is 0 Å². The van der Waals surface area contributed by atoms with Gasteiger partial charge in [0.05, 0.1) is 0 Å². The molecule has 3 nitrogen and oxygen atoms in total. The van der Waals surface area contributed by atoms with Crippen molar-refractivity contribution in [2.75, 3.05) is 27.2 Å². The molecule has 3 aliphatic rings. The Bertz CT molecular complexity index is 740. The highest BCUT2D eigenvalue weighted by atomic mass is 16.2. The minimum atomic E-state index is 0.0812. The van der Waals surface area contributed by atoms with Crippen LogP contribution in [0.1, 0.15) is 60.4 Å². The normalized spacial score (nSPS) is 26.1. The molecule has 0 spiro atoms. The topological polar surface area (TPSA) is 23.6 Å². The van der Waals surface area contributed by atoms with E-state index in [1.54, 1.807) is 16.0 Å². The minimum absolute atomic E-state index is 0.0812. The average molecular weight is 351 g/mol. The monoisotopic (exact) mass is 350 g/mol. The lowest BCUT2D eigenvalue weighted by molar-refractivity contribution is 0.0827. The van der Waals surface area contributed by atoms with Crippen molar-refractivity contribution in [1.82, 2.24) is 9.80 Å². The number of carbonyl (C=O) groups excluding carboxylic acids is 1. The number of benzene rings is 1. The predicted octanol–water partition coefficient (Wildman–Crippen LogP) is 4.38. The fourth-order valence-electron chi connectivity index (χ4n) is 4.77. The zero-order valence-electron chi connectivity index (χ0n) is 16.1. The van der Waals surface area contributed by atoms with Gasteiger partial charge in [0.2, 0.25) is 0 Å². The summed E-state index contributed by atoms with van der Waals surface area (Å²) < 4.78 is 0. The minimum Gasteiger partial charge on any atom is -0.345 e. The lowest BCUT2D eigenvalue weighted by atomic mass is 9.77. The van der Waals surface area contributed by atoms with Gasteiger partial charge in [-0.05, 0) is 80.5 Å². The van der Waals surface area contributed by atoms with Gasteiger partial charge in [-0.1, -0.05) is 24.3 Å². The molecule has 3 heteroatoms. The Hall–Kier alpha value is -1.87. The van der Waals surface area contributed by atoms with Gasteiger partial charge in [0, 0.05) is 31.6 Å². The van der Waals surface area contributed by atoms with Gasteiger partial charge in [-0.2, -0.15) is 0 Å². The van der Waals surface area contributed by atoms with Gasteiger partial charge in [0.1, 0.15) is 0 Å². The molecule has 1 saturated carbocycles. The van der Waals surface area contributed by atoms with E-state index in [-0.39, 0.29) is 5.91 Å². The first-order valence-electron chi connectivity index (χ1n) is 10.1. The number of rotatable bonds is 3. The Balaban J connectivity index is 1.48. The summed E-state index contributed by atoms with van der Waals surface area (Å²) in [7, 11) is 3.62. The van der Waals surface area contributed by atoms with Crippen molar-refractivity contribution >= 4 is 5.91 Å². The Morgan fingerprint density at radius 2 is 1.96 bits per heavy atom. The number of likely N-dealkylation sites (tertiary alicyclic amines) is 1. The van der Waals surface area contributed by atoms with Gasteiger partial charge >= 0.3 is 0 Å². The number of allylic oxidation sites excluding steroid dienone is 3. The van der Waals surface area contributed by atoms with Gasteiger partial charge in [0.15, 0.2) is 0 Å². The first-order valence-corrected chi connectivity index (χ1v) is 10.1. The van der Waals surface area contributed by atoms with Gasteiger partial charge in [-0.15, -0.1) is 0 Å². The van der Waals surface area contributed by atoms with Crippen LogP contribution in [0.5, 0.6) is 0 Å². The molecular formula is C23H30N2O. The van der Waals surface area contributed by atoms with Crippen molar-refractivity contribution in [3.63, 3.8) is 0 Å². The fourth-order valence-corrected chi connectivity index (χ4v) is 4.77. The third-order valence-corrected chi connectivity index (χ3v) is 6.26. The van der Waals surface area contributed by atoms with Gasteiger partial charge in [-0.3, -0.25) is 4.79 Å². The lowest BCUT2D eigenvalue weighted by Crippen LogP contribution is -2.35. The number of hydrogen-bond donors (Lipinski definition) is 0. The summed E-state index contributed by atoms with van der Waals surface area (Å²) in [5.74, 6) is 0.490. The van der Waals surface area contributed by atoms with Crippen LogP contribution in [0.4, 0.5) is 0 Å². The van der Waals surface area contributed by atoms with Crippen LogP contribution >= 0.6 is 0 Å². The first-order chi connectivity index (χ1) is 12.6. The molecule has 1 amide bonds. The number of hydrogen-bond acceptors (Lipinski definition) is 2. The van der Waals surface area contributed by atoms with Crippen LogP contribution in [0.2, 0.25) is 0 Å². The Morgan fingerprint density at radius 3 is 2.73 bits per heavy atom. The zero-order chi connectivity index (χ0) is 18.1. The zero-order valence-corrected chi connectivity index (χ0v) is 16.1. The second-order valence-electron chi connectivity index (χ2n) is 8.23. The van der Waals surface area contributed by atoms with E-state index < -0.39 is 0 Å². The number of nitrogens with zero attached hydrogens (tertiary/aromatic N) is 2. The molecule has 4 rings (SSSR count). The molecule has 2 aliphatic carbocycles. The molecule has 1 aliphatic heterocycles. The summed E-state index contributed by atoms with van der Waals surface area (Å²) in [6, 6.07) is 8.96. The second-order valence-corrected chi connectivity index (χ2v) is 8.23. The maximum absolute atomic E-state index is 12.3. The average Bonchev–Trinajstić information content (AvgIpc) is 3.21. The predicted molar refractivity (Wildman–Crippen MR) is 106 cm³/mol. The van der Waals surface area contributed by atoms with E-state index in [1.807, 2.05) is 26.2 Å². The van der Waals surface area contributed by atoms with E-state index in [0.29, 0.717) is 5.92 Å². The third kappa shape index (κ3) is 3.50. The molecule has 0 N–H and O–H groups in total. The van der Waals surface area contributed by atoms with Gasteiger partial charge in [0.25, 0.3) is 5.91 Å². The summed E-state index contributed by atoms with van der Waals surface area (Å²) in [6.07, 6.45) is 12.5. The second kappa shape index (κ2) is 7.40. The van der Waals surface area contributed by atoms with Crippen LogP contribution in [-0.4, -0.2) is 48.9 Å². The van der Waals surface area contributed by atoms with E-state index in [4.69, 9.17) is 0 Å². The van der Waals surface area contributed by atoms with E-state index in [0.717, 1.165) is 18.0 Å². The van der Waals surface area contributed by atoms with Crippen molar-refractivity contribution in [3.05, 3.63) is 58.7 Å². The van der Waals surface area contributed by atoms with Crippen LogP contribution in [0.25, 0.3) is 0 Å². The molecule has 26 heavy (non-hydrogen) atoms. The third-order valence-electron chi connectivity index (χ3n) is 6.26. The van der Waals surface area contributed by atoms with E-state index in [9.17, 15) is 4.79 Å². The van der Waals surface area contributed by atoms with E-state index in [2.05, 4.69) is 29.2 Å². The quantitative estimate of drug-likeness (QED) is 0.808. The fraction of sp³-hybridized carbons (Fsp3) is 0.522. The molecule has 2 unspecified atom stereocenters. The molecule has 1 aromatic carbocycles. The van der Waals surface area contributed by atoms with Crippen molar-refractivity contribution in [2.24, 2.45) is 0 Å². The summed E-state index contributed by atoms with van der Waals surface area (Å²) in [6.45, 7) is 2.60. The van der Waals surface area contributed by atoms with Crippen LogP contribution in [0.3, 0.4) is 0 Å². The highest BCUT2D eigenvalue weighted by molar-refractivity contribution is 5.94. The molecule has 1 aromatic rings. The van der Waals surface area contributed by atoms with Crippen LogP contribution < -0.4 is 0 Å². The molecule has 0 aromatic heterocycles. The molecule has 1 heterocycles. The molecule has 1 saturated heterocycles. The SMILES string of the molecule is CN(C)C(=O)c1cccc(C2C=C3CCC(N4CCCC4)CC3=CC2)c1. The van der Waals surface area contributed by atoms with Crippen LogP contribution in [0.15, 0.2) is 47.6 Å². The standard InChI is InChI=1S/C23H30N2O/c1-24(2)23(26)21-7-5-6-17(15-21)18-8-9-20-16-22(11-10-19(20)14-18)25-12-3-4-13-25/h5-7,9,14-15,18,22H,3-4,8,10-13,16H2,1-2H3. The molecule has 0 radical (unpaired) electrons. The van der Waals surface area contributed by atoms with Crippen LogP contribution in [0, 0.1) is 0 Å². The summed E-state index contributed by atoms with van der Waals surface area (Å²) in [5, 5.41) is 0. The van der Waals surface area contributed by atoms with Crippen molar-refractivity contribution in [3.8, 4) is 0 Å². The summed E-state index contributed by atoms with van der Waals surface area (Å²) in [4.78, 5) is 16.6. The van der Waals surface area contributed by atoms with Crippen molar-refractivity contribution in [1.29, 1.82) is 0 Å². The number of fused-ring (bicyclic) bond motifs is 1. The highest BCUT2D eigenvalue weighted by Crippen LogP contribution is 2.39. The van der Waals surface area contributed by atoms with Crippen molar-refractivity contribution in [2.45, 2.75) is 50.5 Å². The van der Waals surface area contributed by atoms with Gasteiger partial charge < -0.3 is 9.80 Å². The maximum Gasteiger partial charge on any atom is 0.253 e. The first kappa shape index (κ1) is 17.5. The maximum atomic E-state index is 12.3. The largest absolute Gasteiger partial charge is 0.345 e. The Morgan fingerprint density at radius 1 is 1.15 bits per heavy atom. The highest BCUT2D eigenvalue weighted by Gasteiger charge is 2.29. The van der Waals surface area contributed by atoms with E-state index >= 15 is 0 Å². The summed E-state index contributed by atoms with van der Waals surface area (Å²) in [5.41, 5.74) is 5.20. The Labute approximate surface area is 157 Å². The molecule has 0 bridgehead atoms. The Kier molecular flexibility index (Phi) is 4.99. The molecule has 2 atom stereocenters. The molecule has 2 fully saturated rings. The number of amides is 1. The van der Waals surface area contributed by atoms with E-state index in [1.165, 1.54) is 50.8 Å². The summed E-state index contributed by atoms with van der Waals surface area (Å²) >= 11 is 0. The smallest absolute Gasteiger partial charge is 0.253 e.